The smallest absolute Gasteiger partial charge is 0.338 e. The molecule has 0 radical (unpaired) electrons. The largest absolute Gasteiger partial charge is 0.462 e. The van der Waals surface area contributed by atoms with Crippen molar-refractivity contribution in [2.75, 3.05) is 11.9 Å². The lowest BCUT2D eigenvalue weighted by molar-refractivity contribution is -0.139. The molecule has 0 amide bonds. The summed E-state index contributed by atoms with van der Waals surface area (Å²) < 4.78 is 6.96. The Labute approximate surface area is 149 Å². The maximum Gasteiger partial charge on any atom is 0.338 e. The van der Waals surface area contributed by atoms with Crippen LogP contribution in [0.1, 0.15) is 31.9 Å². The van der Waals surface area contributed by atoms with Gasteiger partial charge in [-0.3, -0.25) is 0 Å². The summed E-state index contributed by atoms with van der Waals surface area (Å²) in [7, 11) is 0. The number of benzene rings is 1. The van der Waals surface area contributed by atoms with E-state index in [0.717, 1.165) is 6.42 Å². The van der Waals surface area contributed by atoms with E-state index < -0.39 is 12.0 Å². The second-order valence-corrected chi connectivity index (χ2v) is 6.24. The lowest BCUT2D eigenvalue weighted by Crippen LogP contribution is -2.30. The molecular formula is C16H16Cl2N4O2. The molecule has 0 aliphatic carbocycles. The lowest BCUT2D eigenvalue weighted by atomic mass is 9.96. The zero-order chi connectivity index (χ0) is 17.3. The average molecular weight is 367 g/mol. The summed E-state index contributed by atoms with van der Waals surface area (Å²) in [4.78, 5) is 16.8. The third-order valence-electron chi connectivity index (χ3n) is 3.71. The Morgan fingerprint density at radius 2 is 2.21 bits per heavy atom. The van der Waals surface area contributed by atoms with E-state index in [9.17, 15) is 4.79 Å². The van der Waals surface area contributed by atoms with Gasteiger partial charge in [-0.15, -0.1) is 0 Å². The zero-order valence-corrected chi connectivity index (χ0v) is 14.7. The fourth-order valence-corrected chi connectivity index (χ4v) is 3.15. The number of aromatic nitrogens is 3. The topological polar surface area (TPSA) is 69.0 Å². The number of allylic oxidation sites excluding steroid dienone is 1. The Balaban J connectivity index is 2.12. The number of carbonyl (C=O) groups excluding carboxylic acids is 1. The first kappa shape index (κ1) is 16.8. The van der Waals surface area contributed by atoms with Crippen LogP contribution >= 0.6 is 23.2 Å². The molecule has 1 aromatic heterocycles. The van der Waals surface area contributed by atoms with Gasteiger partial charge in [-0.25, -0.2) is 9.48 Å². The molecule has 24 heavy (non-hydrogen) atoms. The quantitative estimate of drug-likeness (QED) is 0.832. The van der Waals surface area contributed by atoms with Gasteiger partial charge >= 0.3 is 5.97 Å². The van der Waals surface area contributed by atoms with Gasteiger partial charge in [0.1, 0.15) is 12.4 Å². The van der Waals surface area contributed by atoms with Gasteiger partial charge in [-0.05, 0) is 25.5 Å². The summed E-state index contributed by atoms with van der Waals surface area (Å²) >= 11 is 12.4. The van der Waals surface area contributed by atoms with Crippen molar-refractivity contribution in [3.8, 4) is 0 Å². The number of hydrogen-bond donors (Lipinski definition) is 1. The summed E-state index contributed by atoms with van der Waals surface area (Å²) in [6, 6.07) is 4.62. The van der Waals surface area contributed by atoms with E-state index in [1.54, 1.807) is 29.8 Å². The van der Waals surface area contributed by atoms with Crippen LogP contribution < -0.4 is 5.32 Å². The molecule has 1 atom stereocenters. The monoisotopic (exact) mass is 366 g/mol. The Morgan fingerprint density at radius 1 is 1.42 bits per heavy atom. The first-order valence-corrected chi connectivity index (χ1v) is 8.28. The van der Waals surface area contributed by atoms with Crippen molar-refractivity contribution in [3.63, 3.8) is 0 Å². The number of rotatable bonds is 4. The number of nitrogens with one attached hydrogen (secondary N) is 1. The Morgan fingerprint density at radius 3 is 2.92 bits per heavy atom. The van der Waals surface area contributed by atoms with Gasteiger partial charge in [0, 0.05) is 21.3 Å². The number of esters is 1. The summed E-state index contributed by atoms with van der Waals surface area (Å²) in [5.74, 6) is 0.134. The highest BCUT2D eigenvalue weighted by Crippen LogP contribution is 2.38. The van der Waals surface area contributed by atoms with Gasteiger partial charge in [0.25, 0.3) is 0 Å². The molecule has 1 aliphatic heterocycles. The van der Waals surface area contributed by atoms with Gasteiger partial charge in [0.05, 0.1) is 12.2 Å². The molecule has 8 heteroatoms. The first-order valence-electron chi connectivity index (χ1n) is 7.52. The van der Waals surface area contributed by atoms with Gasteiger partial charge in [-0.1, -0.05) is 36.2 Å². The van der Waals surface area contributed by atoms with E-state index in [1.807, 2.05) is 6.92 Å². The van der Waals surface area contributed by atoms with E-state index >= 15 is 0 Å². The van der Waals surface area contributed by atoms with E-state index in [4.69, 9.17) is 27.9 Å². The predicted octanol–water partition coefficient (Wildman–Crippen LogP) is 3.83. The average Bonchev–Trinajstić information content (AvgIpc) is 2.99. The van der Waals surface area contributed by atoms with Crippen molar-refractivity contribution in [1.82, 2.24) is 14.8 Å². The second kappa shape index (κ2) is 6.83. The van der Waals surface area contributed by atoms with Gasteiger partial charge in [-0.2, -0.15) is 10.1 Å². The van der Waals surface area contributed by atoms with Crippen LogP contribution in [-0.4, -0.2) is 27.3 Å². The van der Waals surface area contributed by atoms with Crippen LogP contribution in [0.4, 0.5) is 5.95 Å². The molecular weight excluding hydrogens is 351 g/mol. The fourth-order valence-electron chi connectivity index (χ4n) is 2.64. The summed E-state index contributed by atoms with van der Waals surface area (Å²) in [5.41, 5.74) is 1.82. The molecule has 1 aliphatic rings. The number of halogens is 2. The predicted molar refractivity (Wildman–Crippen MR) is 92.2 cm³/mol. The number of carbonyl (C=O) groups is 1. The minimum atomic E-state index is -0.530. The zero-order valence-electron chi connectivity index (χ0n) is 13.2. The van der Waals surface area contributed by atoms with Crippen molar-refractivity contribution in [1.29, 1.82) is 0 Å². The van der Waals surface area contributed by atoms with Crippen molar-refractivity contribution in [2.24, 2.45) is 0 Å². The van der Waals surface area contributed by atoms with Crippen LogP contribution in [0, 0.1) is 0 Å². The Hall–Kier alpha value is -2.05. The number of ether oxygens (including phenoxy) is 1. The molecule has 6 nitrogen and oxygen atoms in total. The summed E-state index contributed by atoms with van der Waals surface area (Å²) in [6.45, 7) is 4.09. The normalized spacial score (nSPS) is 16.6. The molecule has 126 valence electrons. The molecule has 1 N–H and O–H groups in total. The van der Waals surface area contributed by atoms with Gasteiger partial charge < -0.3 is 10.1 Å². The molecule has 0 saturated carbocycles. The van der Waals surface area contributed by atoms with Crippen molar-refractivity contribution < 1.29 is 9.53 Å². The lowest BCUT2D eigenvalue weighted by Gasteiger charge is -2.28. The number of hydrogen-bond acceptors (Lipinski definition) is 5. The van der Waals surface area contributed by atoms with Crippen LogP contribution in [0.15, 0.2) is 35.8 Å². The molecule has 0 fully saturated rings. The van der Waals surface area contributed by atoms with Crippen molar-refractivity contribution >= 4 is 35.1 Å². The molecule has 0 spiro atoms. The van der Waals surface area contributed by atoms with Crippen LogP contribution in [0.3, 0.4) is 0 Å². The minimum Gasteiger partial charge on any atom is -0.462 e. The Bertz CT molecular complexity index is 816. The standard InChI is InChI=1S/C16H16Cl2N4O2/c1-3-6-24-15(23)13-9(2)21-16-19-8-20-22(16)14(13)11-5-4-10(17)7-12(11)18/h4-5,7-8,14H,3,6H2,1-2H3,(H,19,20,21)/t14-/m0/s1. The van der Waals surface area contributed by atoms with Crippen molar-refractivity contribution in [2.45, 2.75) is 26.3 Å². The highest BCUT2D eigenvalue weighted by atomic mass is 35.5. The van der Waals surface area contributed by atoms with Crippen LogP contribution in [0.5, 0.6) is 0 Å². The van der Waals surface area contributed by atoms with Crippen molar-refractivity contribution in [3.05, 3.63) is 51.4 Å². The van der Waals surface area contributed by atoms with Crippen LogP contribution in [0.25, 0.3) is 0 Å². The van der Waals surface area contributed by atoms with Crippen LogP contribution in [-0.2, 0) is 9.53 Å². The number of anilines is 1. The number of fused-ring (bicyclic) bond motifs is 1. The second-order valence-electron chi connectivity index (χ2n) is 5.40. The molecule has 1 aromatic carbocycles. The first-order chi connectivity index (χ1) is 11.5. The molecule has 3 rings (SSSR count). The van der Waals surface area contributed by atoms with Gasteiger partial charge in [0.2, 0.25) is 5.95 Å². The van der Waals surface area contributed by atoms with E-state index in [2.05, 4.69) is 15.4 Å². The maximum atomic E-state index is 12.6. The third kappa shape index (κ3) is 2.99. The molecule has 0 bridgehead atoms. The van der Waals surface area contributed by atoms with Crippen LogP contribution in [0.2, 0.25) is 10.0 Å². The van der Waals surface area contributed by atoms with E-state index in [1.165, 1.54) is 6.33 Å². The molecule has 2 heterocycles. The highest BCUT2D eigenvalue weighted by molar-refractivity contribution is 6.35. The SMILES string of the molecule is CCCOC(=O)C1=C(C)Nc2ncnn2[C@H]1c1ccc(Cl)cc1Cl. The molecule has 0 saturated heterocycles. The fraction of sp³-hybridized carbons (Fsp3) is 0.312. The van der Waals surface area contributed by atoms with Gasteiger partial charge in [0.15, 0.2) is 0 Å². The third-order valence-corrected chi connectivity index (χ3v) is 4.27. The highest BCUT2D eigenvalue weighted by Gasteiger charge is 2.35. The molecule has 2 aromatic rings. The maximum absolute atomic E-state index is 12.6. The summed E-state index contributed by atoms with van der Waals surface area (Å²) in [5, 5.41) is 8.28. The molecule has 0 unspecified atom stereocenters. The Kier molecular flexibility index (Phi) is 4.78. The minimum absolute atomic E-state index is 0.348. The van der Waals surface area contributed by atoms with E-state index in [0.29, 0.717) is 39.4 Å². The van der Waals surface area contributed by atoms with E-state index in [-0.39, 0.29) is 0 Å². The number of nitrogens with zero attached hydrogens (tertiary/aromatic N) is 3. The summed E-state index contributed by atoms with van der Waals surface area (Å²) in [6.07, 6.45) is 2.17.